The first kappa shape index (κ1) is 16.7. The molecule has 1 rings (SSSR count). The highest BCUT2D eigenvalue weighted by Gasteiger charge is 2.11. The van der Waals surface area contributed by atoms with Gasteiger partial charge < -0.3 is 14.8 Å². The van der Waals surface area contributed by atoms with Gasteiger partial charge in [-0.1, -0.05) is 6.92 Å². The number of ether oxygens (including phenoxy) is 2. The van der Waals surface area contributed by atoms with Gasteiger partial charge in [0.1, 0.15) is 11.6 Å². The summed E-state index contributed by atoms with van der Waals surface area (Å²) in [6.45, 7) is 2.86. The summed E-state index contributed by atoms with van der Waals surface area (Å²) < 4.78 is 10.2. The quantitative estimate of drug-likeness (QED) is 0.609. The minimum atomic E-state index is -0.404. The van der Waals surface area contributed by atoms with Gasteiger partial charge in [0.05, 0.1) is 13.7 Å². The molecule has 6 nitrogen and oxygen atoms in total. The first-order valence-electron chi connectivity index (χ1n) is 6.58. The number of pyridine rings is 1. The van der Waals surface area contributed by atoms with Crippen molar-refractivity contribution in [1.29, 1.82) is 5.26 Å². The van der Waals surface area contributed by atoms with Crippen molar-refractivity contribution in [3.8, 4) is 11.9 Å². The summed E-state index contributed by atoms with van der Waals surface area (Å²) in [5.74, 6) is -0.0514. The van der Waals surface area contributed by atoms with Crippen LogP contribution in [0.1, 0.15) is 24.5 Å². The van der Waals surface area contributed by atoms with E-state index in [1.807, 2.05) is 13.0 Å². The molecule has 0 saturated carbocycles. The maximum Gasteiger partial charge on any atom is 0.261 e. The highest BCUT2D eigenvalue weighted by atomic mass is 16.5. The Morgan fingerprint density at radius 2 is 2.29 bits per heavy atom. The SMILES string of the molecule is CCCNC(=O)/C(C#N)=C/c1cc(COC)cnc1OC. The highest BCUT2D eigenvalue weighted by Crippen LogP contribution is 2.20. The van der Waals surface area contributed by atoms with Crippen molar-refractivity contribution >= 4 is 12.0 Å². The molecule has 0 fully saturated rings. The van der Waals surface area contributed by atoms with Gasteiger partial charge in [0.25, 0.3) is 5.91 Å². The molecule has 0 aliphatic carbocycles. The molecule has 21 heavy (non-hydrogen) atoms. The van der Waals surface area contributed by atoms with E-state index >= 15 is 0 Å². The van der Waals surface area contributed by atoms with Crippen LogP contribution in [-0.2, 0) is 16.1 Å². The predicted octanol–water partition coefficient (Wildman–Crippen LogP) is 1.67. The molecule has 1 amide bonds. The zero-order chi connectivity index (χ0) is 15.7. The van der Waals surface area contributed by atoms with E-state index in [1.165, 1.54) is 13.2 Å². The topological polar surface area (TPSA) is 84.2 Å². The van der Waals surface area contributed by atoms with Gasteiger partial charge in [-0.3, -0.25) is 4.79 Å². The lowest BCUT2D eigenvalue weighted by Gasteiger charge is -2.07. The van der Waals surface area contributed by atoms with Crippen LogP contribution in [0.4, 0.5) is 0 Å². The number of aromatic nitrogens is 1. The van der Waals surface area contributed by atoms with Crippen LogP contribution in [0.3, 0.4) is 0 Å². The third-order valence-electron chi connectivity index (χ3n) is 2.64. The van der Waals surface area contributed by atoms with Crippen LogP contribution in [0.5, 0.6) is 5.88 Å². The molecular formula is C15H19N3O3. The first-order chi connectivity index (χ1) is 10.2. The lowest BCUT2D eigenvalue weighted by Crippen LogP contribution is -2.25. The van der Waals surface area contributed by atoms with Gasteiger partial charge in [0.15, 0.2) is 0 Å². The van der Waals surface area contributed by atoms with E-state index in [-0.39, 0.29) is 5.57 Å². The Bertz CT molecular complexity index is 562. The van der Waals surface area contributed by atoms with Crippen LogP contribution < -0.4 is 10.1 Å². The van der Waals surface area contributed by atoms with E-state index in [9.17, 15) is 4.79 Å². The monoisotopic (exact) mass is 289 g/mol. The maximum atomic E-state index is 11.9. The van der Waals surface area contributed by atoms with Crippen molar-refractivity contribution in [1.82, 2.24) is 10.3 Å². The Balaban J connectivity index is 3.11. The number of nitriles is 1. The van der Waals surface area contributed by atoms with E-state index < -0.39 is 5.91 Å². The molecule has 0 aromatic carbocycles. The molecule has 1 heterocycles. The third-order valence-corrected chi connectivity index (χ3v) is 2.64. The zero-order valence-electron chi connectivity index (χ0n) is 12.5. The van der Waals surface area contributed by atoms with Crippen LogP contribution in [0, 0.1) is 11.3 Å². The van der Waals surface area contributed by atoms with Gasteiger partial charge in [0.2, 0.25) is 5.88 Å². The molecule has 112 valence electrons. The van der Waals surface area contributed by atoms with Crippen molar-refractivity contribution in [2.24, 2.45) is 0 Å². The molecule has 0 atom stereocenters. The fraction of sp³-hybridized carbons (Fsp3) is 0.400. The second-order valence-corrected chi connectivity index (χ2v) is 4.30. The van der Waals surface area contributed by atoms with Crippen LogP contribution in [0.2, 0.25) is 0 Å². The van der Waals surface area contributed by atoms with E-state index in [0.29, 0.717) is 24.6 Å². The van der Waals surface area contributed by atoms with E-state index in [4.69, 9.17) is 14.7 Å². The van der Waals surface area contributed by atoms with Gasteiger partial charge in [-0.15, -0.1) is 0 Å². The number of methoxy groups -OCH3 is 2. The van der Waals surface area contributed by atoms with E-state index in [2.05, 4.69) is 10.3 Å². The number of amides is 1. The molecule has 1 N–H and O–H groups in total. The summed E-state index contributed by atoms with van der Waals surface area (Å²) >= 11 is 0. The Morgan fingerprint density at radius 3 is 2.86 bits per heavy atom. The molecule has 0 aliphatic rings. The lowest BCUT2D eigenvalue weighted by molar-refractivity contribution is -0.117. The standard InChI is InChI=1S/C15H19N3O3/c1-4-5-17-14(19)13(8-16)7-12-6-11(10-20-2)9-18-15(12)21-3/h6-7,9H,4-5,10H2,1-3H3,(H,17,19)/b13-7+. The molecule has 0 aliphatic heterocycles. The fourth-order valence-corrected chi connectivity index (χ4v) is 1.67. The Labute approximate surface area is 124 Å². The number of nitrogens with zero attached hydrogens (tertiary/aromatic N) is 2. The number of hydrogen-bond acceptors (Lipinski definition) is 5. The molecular weight excluding hydrogens is 270 g/mol. The molecule has 0 spiro atoms. The van der Waals surface area contributed by atoms with Gasteiger partial charge in [-0.2, -0.15) is 5.26 Å². The minimum absolute atomic E-state index is 0.0121. The van der Waals surface area contributed by atoms with Gasteiger partial charge in [-0.25, -0.2) is 4.98 Å². The Kier molecular flexibility index (Phi) is 6.92. The average molecular weight is 289 g/mol. The van der Waals surface area contributed by atoms with Gasteiger partial charge in [0, 0.05) is 25.4 Å². The molecule has 1 aromatic heterocycles. The lowest BCUT2D eigenvalue weighted by atomic mass is 10.1. The predicted molar refractivity (Wildman–Crippen MR) is 78.4 cm³/mol. The number of nitrogens with one attached hydrogen (secondary N) is 1. The number of carbonyl (C=O) groups excluding carboxylic acids is 1. The minimum Gasteiger partial charge on any atom is -0.481 e. The van der Waals surface area contributed by atoms with Crippen LogP contribution in [0.15, 0.2) is 17.8 Å². The van der Waals surface area contributed by atoms with Crippen molar-refractivity contribution in [3.05, 3.63) is 29.0 Å². The third kappa shape index (κ3) is 4.89. The second-order valence-electron chi connectivity index (χ2n) is 4.30. The molecule has 0 bridgehead atoms. The zero-order valence-corrected chi connectivity index (χ0v) is 12.5. The average Bonchev–Trinajstić information content (AvgIpc) is 2.50. The van der Waals surface area contributed by atoms with Gasteiger partial charge >= 0.3 is 0 Å². The fourth-order valence-electron chi connectivity index (χ4n) is 1.67. The van der Waals surface area contributed by atoms with Crippen LogP contribution in [-0.4, -0.2) is 31.7 Å². The summed E-state index contributed by atoms with van der Waals surface area (Å²) in [7, 11) is 3.07. The molecule has 1 aromatic rings. The first-order valence-corrected chi connectivity index (χ1v) is 6.58. The molecule has 0 radical (unpaired) electrons. The van der Waals surface area contributed by atoms with Crippen molar-refractivity contribution in [2.75, 3.05) is 20.8 Å². The Hall–Kier alpha value is -2.39. The molecule has 0 saturated heterocycles. The summed E-state index contributed by atoms with van der Waals surface area (Å²) in [4.78, 5) is 16.0. The highest BCUT2D eigenvalue weighted by molar-refractivity contribution is 6.01. The summed E-state index contributed by atoms with van der Waals surface area (Å²) in [5, 5.41) is 11.8. The van der Waals surface area contributed by atoms with Crippen molar-refractivity contribution in [2.45, 2.75) is 20.0 Å². The van der Waals surface area contributed by atoms with Crippen LogP contribution >= 0.6 is 0 Å². The number of carbonyl (C=O) groups is 1. The van der Waals surface area contributed by atoms with Gasteiger partial charge in [-0.05, 0) is 24.1 Å². The van der Waals surface area contributed by atoms with Crippen molar-refractivity contribution < 1.29 is 14.3 Å². The smallest absolute Gasteiger partial charge is 0.261 e. The summed E-state index contributed by atoms with van der Waals surface area (Å²) in [6.07, 6.45) is 3.90. The summed E-state index contributed by atoms with van der Waals surface area (Å²) in [5.41, 5.74) is 1.41. The maximum absolute atomic E-state index is 11.9. The Morgan fingerprint density at radius 1 is 1.52 bits per heavy atom. The summed E-state index contributed by atoms with van der Waals surface area (Å²) in [6, 6.07) is 3.67. The molecule has 6 heteroatoms. The van der Waals surface area contributed by atoms with E-state index in [0.717, 1.165) is 12.0 Å². The normalized spacial score (nSPS) is 10.9. The van der Waals surface area contributed by atoms with E-state index in [1.54, 1.807) is 19.4 Å². The second kappa shape index (κ2) is 8.72. The van der Waals surface area contributed by atoms with Crippen LogP contribution in [0.25, 0.3) is 6.08 Å². The molecule has 0 unspecified atom stereocenters. The van der Waals surface area contributed by atoms with Crippen molar-refractivity contribution in [3.63, 3.8) is 0 Å². The number of hydrogen-bond donors (Lipinski definition) is 1. The largest absolute Gasteiger partial charge is 0.481 e. The number of rotatable bonds is 7.